The van der Waals surface area contributed by atoms with E-state index in [0.29, 0.717) is 17.1 Å². The Morgan fingerprint density at radius 1 is 1.00 bits per heavy atom. The highest BCUT2D eigenvalue weighted by molar-refractivity contribution is 7.90. The van der Waals surface area contributed by atoms with Crippen molar-refractivity contribution in [1.82, 2.24) is 13.8 Å². The number of benzene rings is 2. The highest BCUT2D eigenvalue weighted by Gasteiger charge is 2.22. The fraction of sp³-hybridized carbons (Fsp3) is 0.364. The van der Waals surface area contributed by atoms with Gasteiger partial charge in [-0.3, -0.25) is 4.90 Å². The van der Waals surface area contributed by atoms with Crippen LogP contribution in [0.2, 0.25) is 5.02 Å². The highest BCUT2D eigenvalue weighted by atomic mass is 35.5. The van der Waals surface area contributed by atoms with Crippen LogP contribution in [-0.4, -0.2) is 55.4 Å². The molecule has 1 saturated heterocycles. The van der Waals surface area contributed by atoms with Crippen LogP contribution >= 0.6 is 36.4 Å². The third kappa shape index (κ3) is 5.38. The number of aromatic nitrogens is 1. The molecule has 0 N–H and O–H groups in total. The average molecular weight is 505 g/mol. The van der Waals surface area contributed by atoms with Crippen LogP contribution in [0.5, 0.6) is 0 Å². The summed E-state index contributed by atoms with van der Waals surface area (Å²) >= 11 is 6.44. The Kier molecular flexibility index (Phi) is 8.85. The largest absolute Gasteiger partial charge is 0.305 e. The Hall–Kier alpha value is -1.28. The van der Waals surface area contributed by atoms with Crippen molar-refractivity contribution in [2.24, 2.45) is 0 Å². The maximum atomic E-state index is 13.4. The van der Waals surface area contributed by atoms with Crippen LogP contribution in [0.15, 0.2) is 53.6 Å². The minimum absolute atomic E-state index is 0. The Morgan fingerprint density at radius 2 is 1.74 bits per heavy atom. The van der Waals surface area contributed by atoms with Gasteiger partial charge in [-0.25, -0.2) is 12.4 Å². The molecular formula is C22H28Cl3N3O2S. The summed E-state index contributed by atoms with van der Waals surface area (Å²) in [6, 6.07) is 12.6. The van der Waals surface area contributed by atoms with Crippen LogP contribution in [0, 0.1) is 6.92 Å². The molecule has 3 aromatic rings. The summed E-state index contributed by atoms with van der Waals surface area (Å²) in [6.07, 6.45) is 2.79. The number of hydrogen-bond acceptors (Lipinski definition) is 4. The molecule has 1 aliphatic heterocycles. The molecule has 1 fully saturated rings. The van der Waals surface area contributed by atoms with E-state index in [9.17, 15) is 8.42 Å². The number of rotatable bonds is 4. The summed E-state index contributed by atoms with van der Waals surface area (Å²) in [6.45, 7) is 6.60. The topological polar surface area (TPSA) is 45.6 Å². The lowest BCUT2D eigenvalue weighted by atomic mass is 10.2. The smallest absolute Gasteiger partial charge is 0.268 e. The van der Waals surface area contributed by atoms with E-state index in [1.807, 2.05) is 31.2 Å². The zero-order valence-corrected chi connectivity index (χ0v) is 20.8. The molecule has 1 aromatic heterocycles. The van der Waals surface area contributed by atoms with Crippen molar-refractivity contribution in [1.29, 1.82) is 0 Å². The minimum atomic E-state index is -3.71. The SMILES string of the molecule is Cc1cn(S(=O)(=O)c2ccc(Cl)c(CN3CCCN(C)CC3)c2)c2ccccc12.Cl.Cl. The van der Waals surface area contributed by atoms with Gasteiger partial charge in [-0.1, -0.05) is 29.8 Å². The Morgan fingerprint density at radius 3 is 2.52 bits per heavy atom. The number of nitrogens with zero attached hydrogens (tertiary/aromatic N) is 3. The minimum Gasteiger partial charge on any atom is -0.305 e. The molecule has 9 heteroatoms. The summed E-state index contributed by atoms with van der Waals surface area (Å²) in [7, 11) is -1.58. The molecule has 0 amide bonds. The van der Waals surface area contributed by atoms with Gasteiger partial charge in [0.1, 0.15) is 0 Å². The van der Waals surface area contributed by atoms with E-state index in [0.717, 1.165) is 49.1 Å². The summed E-state index contributed by atoms with van der Waals surface area (Å²) in [5.41, 5.74) is 2.48. The van der Waals surface area contributed by atoms with Gasteiger partial charge in [0.25, 0.3) is 10.0 Å². The first-order valence-electron chi connectivity index (χ1n) is 9.88. The molecule has 4 rings (SSSR count). The molecule has 0 unspecified atom stereocenters. The van der Waals surface area contributed by atoms with Crippen LogP contribution in [0.1, 0.15) is 17.5 Å². The molecule has 170 valence electrons. The van der Waals surface area contributed by atoms with E-state index < -0.39 is 10.0 Å². The van der Waals surface area contributed by atoms with Crippen molar-refractivity contribution in [3.63, 3.8) is 0 Å². The van der Waals surface area contributed by atoms with Crippen molar-refractivity contribution in [3.8, 4) is 0 Å². The van der Waals surface area contributed by atoms with Gasteiger partial charge in [-0.15, -0.1) is 24.8 Å². The van der Waals surface area contributed by atoms with E-state index >= 15 is 0 Å². The number of likely N-dealkylation sites (N-methyl/N-ethyl adjacent to an activating group) is 1. The van der Waals surface area contributed by atoms with Gasteiger partial charge in [-0.05, 0) is 68.9 Å². The van der Waals surface area contributed by atoms with E-state index in [-0.39, 0.29) is 29.7 Å². The Bertz CT molecular complexity index is 1150. The second-order valence-corrected chi connectivity index (χ2v) is 10.0. The van der Waals surface area contributed by atoms with Crippen LogP contribution in [0.4, 0.5) is 0 Å². The molecule has 0 aliphatic carbocycles. The lowest BCUT2D eigenvalue weighted by molar-refractivity contribution is 0.269. The fourth-order valence-electron chi connectivity index (χ4n) is 3.96. The van der Waals surface area contributed by atoms with Crippen molar-refractivity contribution in [2.75, 3.05) is 33.2 Å². The van der Waals surface area contributed by atoms with E-state index in [1.165, 1.54) is 3.97 Å². The molecule has 2 aromatic carbocycles. The second kappa shape index (κ2) is 10.6. The highest BCUT2D eigenvalue weighted by Crippen LogP contribution is 2.28. The molecule has 1 aliphatic rings. The summed E-state index contributed by atoms with van der Waals surface area (Å²) in [5.74, 6) is 0. The number of aryl methyl sites for hydroxylation is 1. The molecule has 0 radical (unpaired) electrons. The maximum Gasteiger partial charge on any atom is 0.268 e. The zero-order valence-electron chi connectivity index (χ0n) is 17.6. The first-order valence-corrected chi connectivity index (χ1v) is 11.7. The molecule has 0 bridgehead atoms. The molecule has 0 atom stereocenters. The third-order valence-electron chi connectivity index (χ3n) is 5.66. The fourth-order valence-corrected chi connectivity index (χ4v) is 5.61. The maximum absolute atomic E-state index is 13.4. The van der Waals surface area contributed by atoms with E-state index in [2.05, 4.69) is 16.8 Å². The predicted molar refractivity (Wildman–Crippen MR) is 133 cm³/mol. The van der Waals surface area contributed by atoms with E-state index in [4.69, 9.17) is 11.6 Å². The number of para-hydroxylation sites is 1. The standard InChI is InChI=1S/C22H26ClN3O2S.2ClH/c1-17-15-26(22-7-4-3-6-20(17)22)29(27,28)19-8-9-21(23)18(14-19)16-25-11-5-10-24(2)12-13-25;;/h3-4,6-9,14-15H,5,10-13,16H2,1-2H3;2*1H. The van der Waals surface area contributed by atoms with E-state index in [1.54, 1.807) is 24.4 Å². The predicted octanol–water partition coefficient (Wildman–Crippen LogP) is 4.82. The molecular weight excluding hydrogens is 477 g/mol. The van der Waals surface area contributed by atoms with Crippen molar-refractivity contribution < 1.29 is 8.42 Å². The first kappa shape index (κ1) is 26.0. The second-order valence-electron chi connectivity index (χ2n) is 7.82. The molecule has 0 spiro atoms. The Labute approximate surface area is 201 Å². The van der Waals surface area contributed by atoms with Gasteiger partial charge in [-0.2, -0.15) is 0 Å². The van der Waals surface area contributed by atoms with Crippen LogP contribution in [0.25, 0.3) is 10.9 Å². The first-order chi connectivity index (χ1) is 13.9. The number of fused-ring (bicyclic) bond motifs is 1. The zero-order chi connectivity index (χ0) is 20.6. The monoisotopic (exact) mass is 503 g/mol. The van der Waals surface area contributed by atoms with Crippen LogP contribution < -0.4 is 0 Å². The average Bonchev–Trinajstić information content (AvgIpc) is 2.91. The third-order valence-corrected chi connectivity index (χ3v) is 7.70. The lowest BCUT2D eigenvalue weighted by Gasteiger charge is -2.21. The summed E-state index contributed by atoms with van der Waals surface area (Å²) in [4.78, 5) is 4.93. The van der Waals surface area contributed by atoms with Gasteiger partial charge in [0, 0.05) is 36.2 Å². The summed E-state index contributed by atoms with van der Waals surface area (Å²) in [5, 5.41) is 1.55. The summed E-state index contributed by atoms with van der Waals surface area (Å²) < 4.78 is 28.2. The number of hydrogen-bond donors (Lipinski definition) is 0. The van der Waals surface area contributed by atoms with Gasteiger partial charge in [0.2, 0.25) is 0 Å². The van der Waals surface area contributed by atoms with Crippen LogP contribution in [0.3, 0.4) is 0 Å². The Balaban J connectivity index is 0.00000171. The molecule has 31 heavy (non-hydrogen) atoms. The normalized spacial score (nSPS) is 15.8. The molecule has 5 nitrogen and oxygen atoms in total. The number of halogens is 3. The van der Waals surface area contributed by atoms with Gasteiger partial charge >= 0.3 is 0 Å². The quantitative estimate of drug-likeness (QED) is 0.511. The molecule has 0 saturated carbocycles. The van der Waals surface area contributed by atoms with Gasteiger partial charge in [0.15, 0.2) is 0 Å². The van der Waals surface area contributed by atoms with Crippen molar-refractivity contribution in [2.45, 2.75) is 24.8 Å². The van der Waals surface area contributed by atoms with Gasteiger partial charge in [0.05, 0.1) is 10.4 Å². The van der Waals surface area contributed by atoms with Crippen LogP contribution in [-0.2, 0) is 16.6 Å². The lowest BCUT2D eigenvalue weighted by Crippen LogP contribution is -2.28. The van der Waals surface area contributed by atoms with Crippen molar-refractivity contribution in [3.05, 3.63) is 64.8 Å². The van der Waals surface area contributed by atoms with Crippen molar-refractivity contribution >= 4 is 57.3 Å². The molecule has 2 heterocycles. The van der Waals surface area contributed by atoms with Gasteiger partial charge < -0.3 is 4.90 Å².